The Labute approximate surface area is 158 Å². The van der Waals surface area contributed by atoms with E-state index in [1.165, 1.54) is 7.11 Å². The van der Waals surface area contributed by atoms with Gasteiger partial charge in [0.15, 0.2) is 6.04 Å². The van der Waals surface area contributed by atoms with Gasteiger partial charge in [0.1, 0.15) is 12.7 Å². The average molecular weight is 378 g/mol. The van der Waals surface area contributed by atoms with Crippen LogP contribution in [-0.4, -0.2) is 49.4 Å². The van der Waals surface area contributed by atoms with Crippen molar-refractivity contribution in [1.29, 1.82) is 0 Å². The van der Waals surface area contributed by atoms with E-state index in [1.54, 1.807) is 0 Å². The van der Waals surface area contributed by atoms with Crippen LogP contribution in [0.5, 0.6) is 0 Å². The third-order valence-electron chi connectivity index (χ3n) is 3.84. The lowest BCUT2D eigenvalue weighted by Crippen LogP contribution is -2.46. The molecule has 2 amide bonds. The van der Waals surface area contributed by atoms with Gasteiger partial charge in [0.05, 0.1) is 7.11 Å². The first-order valence-corrected chi connectivity index (χ1v) is 8.57. The second kappa shape index (κ2) is 12.5. The first kappa shape index (κ1) is 22.2. The third-order valence-corrected chi connectivity index (χ3v) is 3.84. The molecule has 2 unspecified atom stereocenters. The summed E-state index contributed by atoms with van der Waals surface area (Å²) in [5, 5.41) is 15.0. The summed E-state index contributed by atoms with van der Waals surface area (Å²) in [5.74, 6) is -0.751. The fourth-order valence-electron chi connectivity index (χ4n) is 2.31. The van der Waals surface area contributed by atoms with Crippen LogP contribution in [0.25, 0.3) is 0 Å². The molecule has 8 heteroatoms. The normalized spacial score (nSPS) is 12.4. The molecule has 0 aromatic heterocycles. The van der Waals surface area contributed by atoms with Crippen molar-refractivity contribution in [3.8, 4) is 0 Å². The number of hydrogen-bond acceptors (Lipinski definition) is 6. The maximum Gasteiger partial charge on any atom is 0.407 e. The average Bonchev–Trinajstić information content (AvgIpc) is 2.69. The standard InChI is InChI=1S/C19H26N2O6/c1-14(17(23)16(21-13-22)18(24)26-2)8-6-7-11-20-19(25)27-12-15-9-4-3-5-10-15/h3-5,9-10,13,16-17,23H,1,6-8,11-12H2,2H3,(H,20,25)(H,21,22). The van der Waals surface area contributed by atoms with Crippen LogP contribution in [0, 0.1) is 0 Å². The fourth-order valence-corrected chi connectivity index (χ4v) is 2.31. The summed E-state index contributed by atoms with van der Waals surface area (Å²) in [6, 6.07) is 8.17. The number of aliphatic hydroxyl groups is 1. The van der Waals surface area contributed by atoms with E-state index in [0.717, 1.165) is 5.56 Å². The predicted molar refractivity (Wildman–Crippen MR) is 98.6 cm³/mol. The molecule has 0 saturated heterocycles. The van der Waals surface area contributed by atoms with Crippen molar-refractivity contribution in [3.05, 3.63) is 48.0 Å². The largest absolute Gasteiger partial charge is 0.467 e. The number of carbonyl (C=O) groups excluding carboxylic acids is 3. The van der Waals surface area contributed by atoms with E-state index in [4.69, 9.17) is 4.74 Å². The third kappa shape index (κ3) is 8.37. The van der Waals surface area contributed by atoms with Gasteiger partial charge in [-0.15, -0.1) is 0 Å². The predicted octanol–water partition coefficient (Wildman–Crippen LogP) is 1.29. The number of aliphatic hydroxyl groups excluding tert-OH is 1. The number of rotatable bonds is 12. The molecule has 0 radical (unpaired) electrons. The maximum absolute atomic E-state index is 11.6. The Morgan fingerprint density at radius 2 is 1.96 bits per heavy atom. The van der Waals surface area contributed by atoms with Crippen LogP contribution in [0.1, 0.15) is 24.8 Å². The number of carbonyl (C=O) groups is 3. The lowest BCUT2D eigenvalue weighted by Gasteiger charge is -2.21. The highest BCUT2D eigenvalue weighted by atomic mass is 16.5. The summed E-state index contributed by atoms with van der Waals surface area (Å²) >= 11 is 0. The molecule has 8 nitrogen and oxygen atoms in total. The summed E-state index contributed by atoms with van der Waals surface area (Å²) in [7, 11) is 1.17. The molecule has 1 aromatic rings. The van der Waals surface area contributed by atoms with Gasteiger partial charge in [-0.25, -0.2) is 9.59 Å². The molecule has 1 aromatic carbocycles. The molecule has 0 aliphatic heterocycles. The number of benzene rings is 1. The van der Waals surface area contributed by atoms with Crippen LogP contribution in [0.3, 0.4) is 0 Å². The van der Waals surface area contributed by atoms with Gasteiger partial charge >= 0.3 is 12.1 Å². The van der Waals surface area contributed by atoms with Gasteiger partial charge in [-0.3, -0.25) is 4.79 Å². The van der Waals surface area contributed by atoms with Crippen molar-refractivity contribution in [3.63, 3.8) is 0 Å². The van der Waals surface area contributed by atoms with E-state index in [9.17, 15) is 19.5 Å². The number of ether oxygens (including phenoxy) is 2. The molecule has 0 bridgehead atoms. The Kier molecular flexibility index (Phi) is 10.2. The number of alkyl carbamates (subject to hydrolysis) is 1. The molecule has 148 valence electrons. The molecule has 0 aliphatic rings. The first-order valence-electron chi connectivity index (χ1n) is 8.57. The zero-order chi connectivity index (χ0) is 20.1. The summed E-state index contributed by atoms with van der Waals surface area (Å²) in [6.45, 7) is 4.35. The Balaban J connectivity index is 2.22. The van der Waals surface area contributed by atoms with Gasteiger partial charge in [0, 0.05) is 6.54 Å². The van der Waals surface area contributed by atoms with Crippen LogP contribution in [0.4, 0.5) is 4.79 Å². The van der Waals surface area contributed by atoms with Gasteiger partial charge in [-0.05, 0) is 30.4 Å². The minimum atomic E-state index is -1.24. The van der Waals surface area contributed by atoms with Gasteiger partial charge < -0.3 is 25.2 Å². The van der Waals surface area contributed by atoms with Crippen LogP contribution in [0.15, 0.2) is 42.5 Å². The molecule has 27 heavy (non-hydrogen) atoms. The van der Waals surface area contributed by atoms with E-state index in [2.05, 4.69) is 21.9 Å². The van der Waals surface area contributed by atoms with Gasteiger partial charge in [-0.2, -0.15) is 0 Å². The number of amides is 2. The smallest absolute Gasteiger partial charge is 0.407 e. The van der Waals surface area contributed by atoms with Crippen molar-refractivity contribution in [2.45, 2.75) is 38.0 Å². The van der Waals surface area contributed by atoms with E-state index in [1.807, 2.05) is 30.3 Å². The van der Waals surface area contributed by atoms with Crippen LogP contribution in [0.2, 0.25) is 0 Å². The minimum absolute atomic E-state index is 0.203. The molecule has 0 spiro atoms. The van der Waals surface area contributed by atoms with E-state index < -0.39 is 24.2 Å². The maximum atomic E-state index is 11.6. The zero-order valence-electron chi connectivity index (χ0n) is 15.3. The topological polar surface area (TPSA) is 114 Å². The second-order valence-corrected chi connectivity index (χ2v) is 5.83. The van der Waals surface area contributed by atoms with E-state index in [0.29, 0.717) is 37.8 Å². The summed E-state index contributed by atoms with van der Waals surface area (Å²) in [5.41, 5.74) is 1.30. The SMILES string of the molecule is C=C(CCCCNC(=O)OCc1ccccc1)C(O)C(NC=O)C(=O)OC. The zero-order valence-corrected chi connectivity index (χ0v) is 15.3. The van der Waals surface area contributed by atoms with E-state index in [-0.39, 0.29) is 6.61 Å². The minimum Gasteiger partial charge on any atom is -0.467 e. The fraction of sp³-hybridized carbons (Fsp3) is 0.421. The molecule has 0 fully saturated rings. The second-order valence-electron chi connectivity index (χ2n) is 5.83. The van der Waals surface area contributed by atoms with Gasteiger partial charge in [-0.1, -0.05) is 36.9 Å². The molecule has 3 N–H and O–H groups in total. The van der Waals surface area contributed by atoms with Crippen LogP contribution < -0.4 is 10.6 Å². The van der Waals surface area contributed by atoms with Crippen molar-refractivity contribution in [2.24, 2.45) is 0 Å². The number of nitrogens with one attached hydrogen (secondary N) is 2. The Morgan fingerprint density at radius 3 is 2.59 bits per heavy atom. The van der Waals surface area contributed by atoms with E-state index >= 15 is 0 Å². The molecule has 1 rings (SSSR count). The summed E-state index contributed by atoms with van der Waals surface area (Å²) in [6.07, 6.45) is 0.268. The Morgan fingerprint density at radius 1 is 1.26 bits per heavy atom. The number of hydrogen-bond donors (Lipinski definition) is 3. The van der Waals surface area contributed by atoms with Crippen LogP contribution >= 0.6 is 0 Å². The van der Waals surface area contributed by atoms with Crippen molar-refractivity contribution in [1.82, 2.24) is 10.6 Å². The van der Waals surface area contributed by atoms with Gasteiger partial charge in [0.25, 0.3) is 0 Å². The molecule has 0 aliphatic carbocycles. The van der Waals surface area contributed by atoms with Crippen molar-refractivity contribution >= 4 is 18.5 Å². The van der Waals surface area contributed by atoms with Crippen molar-refractivity contribution in [2.75, 3.05) is 13.7 Å². The highest BCUT2D eigenvalue weighted by molar-refractivity contribution is 5.79. The molecule has 0 heterocycles. The van der Waals surface area contributed by atoms with Gasteiger partial charge in [0.2, 0.25) is 6.41 Å². The Bertz CT molecular complexity index is 620. The highest BCUT2D eigenvalue weighted by Gasteiger charge is 2.28. The Hall–Kier alpha value is -2.87. The molecular formula is C19H26N2O6. The molecule has 0 saturated carbocycles. The number of unbranched alkanes of at least 4 members (excludes halogenated alkanes) is 1. The lowest BCUT2D eigenvalue weighted by atomic mass is 9.99. The molecular weight excluding hydrogens is 352 g/mol. The highest BCUT2D eigenvalue weighted by Crippen LogP contribution is 2.13. The monoisotopic (exact) mass is 378 g/mol. The summed E-state index contributed by atoms with van der Waals surface area (Å²) in [4.78, 5) is 33.7. The quantitative estimate of drug-likeness (QED) is 0.219. The summed E-state index contributed by atoms with van der Waals surface area (Å²) < 4.78 is 9.63. The number of methoxy groups -OCH3 is 1. The number of esters is 1. The first-order chi connectivity index (χ1) is 13.0. The lowest BCUT2D eigenvalue weighted by molar-refractivity contribution is -0.146. The van der Waals surface area contributed by atoms with Crippen LogP contribution in [-0.2, 0) is 25.7 Å². The molecule has 2 atom stereocenters. The van der Waals surface area contributed by atoms with Crippen molar-refractivity contribution < 1.29 is 29.0 Å².